The van der Waals surface area contributed by atoms with Crippen molar-refractivity contribution < 1.29 is 17.5 Å². The van der Waals surface area contributed by atoms with Gasteiger partial charge in [0.1, 0.15) is 0 Å². The van der Waals surface area contributed by atoms with Crippen molar-refractivity contribution in [3.8, 4) is 0 Å². The molecule has 1 aromatic rings. The van der Waals surface area contributed by atoms with Crippen molar-refractivity contribution in [2.24, 2.45) is 5.73 Å². The average Bonchev–Trinajstić information content (AvgIpc) is 2.39. The summed E-state index contributed by atoms with van der Waals surface area (Å²) in [6.45, 7) is 0.971. The van der Waals surface area contributed by atoms with Crippen molar-refractivity contribution in [3.63, 3.8) is 0 Å². The smallest absolute Gasteiger partial charge is 0.261 e. The molecule has 2 rings (SSSR count). The fraction of sp³-hybridized carbons (Fsp3) is 0.545. The van der Waals surface area contributed by atoms with Crippen LogP contribution >= 0.6 is 0 Å². The predicted octanol–water partition coefficient (Wildman–Crippen LogP) is 0.00690. The van der Waals surface area contributed by atoms with E-state index < -0.39 is 26.4 Å². The summed E-state index contributed by atoms with van der Waals surface area (Å²) in [6.07, 6.45) is 2.14. The predicted molar refractivity (Wildman–Crippen MR) is 66.4 cm³/mol. The molecule has 0 saturated carbocycles. The Morgan fingerprint density at radius 2 is 2.16 bits per heavy atom. The number of sulfonamides is 1. The third-order valence-electron chi connectivity index (χ3n) is 3.17. The Balaban J connectivity index is 2.28. The maximum atomic E-state index is 13.5. The second kappa shape index (κ2) is 5.49. The van der Waals surface area contributed by atoms with Crippen LogP contribution in [0.3, 0.4) is 0 Å². The second-order valence-electron chi connectivity index (χ2n) is 4.49. The van der Waals surface area contributed by atoms with E-state index in [0.717, 1.165) is 6.07 Å². The Hall–Kier alpha value is -1.09. The molecule has 6 nitrogen and oxygen atoms in total. The first-order valence-corrected chi connectivity index (χ1v) is 7.40. The van der Waals surface area contributed by atoms with Gasteiger partial charge in [0, 0.05) is 31.5 Å². The Kier molecular flexibility index (Phi) is 4.14. The molecule has 2 heterocycles. The van der Waals surface area contributed by atoms with Gasteiger partial charge >= 0.3 is 0 Å². The Bertz CT molecular complexity index is 544. The molecule has 0 amide bonds. The van der Waals surface area contributed by atoms with Gasteiger partial charge in [0.05, 0.1) is 0 Å². The number of nitrogens with two attached hydrogens (primary N) is 1. The number of ether oxygens (including phenoxy) is 1. The number of aromatic nitrogens is 1. The molecule has 0 aromatic carbocycles. The molecule has 0 atom stereocenters. The van der Waals surface area contributed by atoms with Gasteiger partial charge in [-0.3, -0.25) is 0 Å². The topological polar surface area (TPSA) is 94.3 Å². The summed E-state index contributed by atoms with van der Waals surface area (Å²) in [6, 6.07) is 2.39. The first-order valence-electron chi connectivity index (χ1n) is 5.91. The molecule has 1 aliphatic heterocycles. The monoisotopic (exact) mass is 289 g/mol. The SMILES string of the molecule is NCC1(NS(=O)(=O)c2ncccc2F)CCOCC1. The molecule has 0 radical (unpaired) electrons. The Labute approximate surface area is 111 Å². The van der Waals surface area contributed by atoms with E-state index in [1.54, 1.807) is 0 Å². The van der Waals surface area contributed by atoms with Crippen molar-refractivity contribution in [3.05, 3.63) is 24.1 Å². The van der Waals surface area contributed by atoms with Crippen LogP contribution in [0, 0.1) is 5.82 Å². The molecule has 3 N–H and O–H groups in total. The molecule has 1 fully saturated rings. The number of nitrogens with zero attached hydrogens (tertiary/aromatic N) is 1. The molecule has 1 aromatic heterocycles. The van der Waals surface area contributed by atoms with Crippen LogP contribution in [0.4, 0.5) is 4.39 Å². The number of nitrogens with one attached hydrogen (secondary N) is 1. The highest BCUT2D eigenvalue weighted by atomic mass is 32.2. The third-order valence-corrected chi connectivity index (χ3v) is 4.68. The number of halogens is 1. The van der Waals surface area contributed by atoms with E-state index in [9.17, 15) is 12.8 Å². The standard InChI is InChI=1S/C11H16FN3O3S/c12-9-2-1-5-14-10(9)19(16,17)15-11(8-13)3-6-18-7-4-11/h1-2,5,15H,3-4,6-8,13H2. The van der Waals surface area contributed by atoms with E-state index >= 15 is 0 Å². The number of pyridine rings is 1. The minimum atomic E-state index is -4.03. The highest BCUT2D eigenvalue weighted by molar-refractivity contribution is 7.89. The van der Waals surface area contributed by atoms with Gasteiger partial charge in [-0.1, -0.05) is 0 Å². The van der Waals surface area contributed by atoms with Crippen LogP contribution in [0.2, 0.25) is 0 Å². The zero-order valence-corrected chi connectivity index (χ0v) is 11.1. The van der Waals surface area contributed by atoms with Gasteiger partial charge in [0.2, 0.25) is 5.03 Å². The van der Waals surface area contributed by atoms with Gasteiger partial charge in [0.25, 0.3) is 10.0 Å². The molecule has 19 heavy (non-hydrogen) atoms. The zero-order chi connectivity index (χ0) is 13.9. The quantitative estimate of drug-likeness (QED) is 0.814. The maximum absolute atomic E-state index is 13.5. The van der Waals surface area contributed by atoms with E-state index in [4.69, 9.17) is 10.5 Å². The first kappa shape index (κ1) is 14.3. The van der Waals surface area contributed by atoms with Gasteiger partial charge in [0.15, 0.2) is 5.82 Å². The molecular formula is C11H16FN3O3S. The number of rotatable bonds is 4. The molecule has 0 aliphatic carbocycles. The Morgan fingerprint density at radius 3 is 2.74 bits per heavy atom. The summed E-state index contributed by atoms with van der Waals surface area (Å²) >= 11 is 0. The minimum Gasteiger partial charge on any atom is -0.381 e. The van der Waals surface area contributed by atoms with E-state index in [1.807, 2.05) is 0 Å². The van der Waals surface area contributed by atoms with Gasteiger partial charge in [-0.05, 0) is 25.0 Å². The van der Waals surface area contributed by atoms with Crippen LogP contribution in [-0.4, -0.2) is 38.7 Å². The molecule has 1 aliphatic rings. The lowest BCUT2D eigenvalue weighted by molar-refractivity contribution is 0.0501. The minimum absolute atomic E-state index is 0.129. The van der Waals surface area contributed by atoms with Crippen LogP contribution < -0.4 is 10.5 Å². The summed E-state index contributed by atoms with van der Waals surface area (Å²) < 4.78 is 45.6. The molecule has 0 bridgehead atoms. The van der Waals surface area contributed by atoms with Crippen LogP contribution in [0.15, 0.2) is 23.4 Å². The summed E-state index contributed by atoms with van der Waals surface area (Å²) in [4.78, 5) is 3.58. The molecule has 1 saturated heterocycles. The average molecular weight is 289 g/mol. The fourth-order valence-corrected chi connectivity index (χ4v) is 3.49. The van der Waals surface area contributed by atoms with E-state index in [0.29, 0.717) is 26.1 Å². The van der Waals surface area contributed by atoms with Crippen molar-refractivity contribution in [1.82, 2.24) is 9.71 Å². The van der Waals surface area contributed by atoms with E-state index in [1.165, 1.54) is 12.3 Å². The van der Waals surface area contributed by atoms with Gasteiger partial charge in [-0.2, -0.15) is 0 Å². The zero-order valence-electron chi connectivity index (χ0n) is 10.3. The lowest BCUT2D eigenvalue weighted by atomic mass is 9.92. The summed E-state index contributed by atoms with van der Waals surface area (Å²) in [5.74, 6) is -0.880. The van der Waals surface area contributed by atoms with Gasteiger partial charge in [-0.25, -0.2) is 22.5 Å². The molecule has 0 spiro atoms. The highest BCUT2D eigenvalue weighted by Crippen LogP contribution is 2.22. The lowest BCUT2D eigenvalue weighted by Crippen LogP contribution is -2.56. The molecule has 8 heteroatoms. The fourth-order valence-electron chi connectivity index (χ4n) is 2.01. The normalized spacial score (nSPS) is 19.3. The van der Waals surface area contributed by atoms with Gasteiger partial charge < -0.3 is 10.5 Å². The van der Waals surface area contributed by atoms with Crippen molar-refractivity contribution in [2.45, 2.75) is 23.4 Å². The largest absolute Gasteiger partial charge is 0.381 e. The second-order valence-corrected chi connectivity index (χ2v) is 6.09. The van der Waals surface area contributed by atoms with Gasteiger partial charge in [-0.15, -0.1) is 0 Å². The summed E-state index contributed by atoms with van der Waals surface area (Å²) in [5, 5.41) is -0.602. The molecule has 0 unspecified atom stereocenters. The number of hydrogen-bond donors (Lipinski definition) is 2. The maximum Gasteiger partial charge on any atom is 0.261 e. The summed E-state index contributed by atoms with van der Waals surface area (Å²) in [5.41, 5.74) is 4.87. The highest BCUT2D eigenvalue weighted by Gasteiger charge is 2.37. The Morgan fingerprint density at radius 1 is 1.47 bits per heavy atom. The first-order chi connectivity index (χ1) is 8.99. The van der Waals surface area contributed by atoms with Crippen molar-refractivity contribution in [2.75, 3.05) is 19.8 Å². The molecular weight excluding hydrogens is 273 g/mol. The van der Waals surface area contributed by atoms with Crippen LogP contribution in [0.25, 0.3) is 0 Å². The summed E-state index contributed by atoms with van der Waals surface area (Å²) in [7, 11) is -4.03. The molecule has 106 valence electrons. The van der Waals surface area contributed by atoms with Crippen molar-refractivity contribution >= 4 is 10.0 Å². The van der Waals surface area contributed by atoms with Crippen LogP contribution in [0.1, 0.15) is 12.8 Å². The van der Waals surface area contributed by atoms with E-state index in [2.05, 4.69) is 9.71 Å². The third kappa shape index (κ3) is 3.08. The van der Waals surface area contributed by atoms with Crippen LogP contribution in [-0.2, 0) is 14.8 Å². The van der Waals surface area contributed by atoms with Crippen molar-refractivity contribution in [1.29, 1.82) is 0 Å². The van der Waals surface area contributed by atoms with E-state index in [-0.39, 0.29) is 6.54 Å². The van der Waals surface area contributed by atoms with Crippen LogP contribution in [0.5, 0.6) is 0 Å². The lowest BCUT2D eigenvalue weighted by Gasteiger charge is -2.36. The number of hydrogen-bond acceptors (Lipinski definition) is 5.